The SMILES string of the molecule is Cc1ccc(C(OC(c2ccc(C)cc2)c2cccc(N)c2)c2cccc(N)c2)cc1. The van der Waals surface area contributed by atoms with Crippen molar-refractivity contribution in [2.75, 3.05) is 11.5 Å². The number of anilines is 2. The highest BCUT2D eigenvalue weighted by Crippen LogP contribution is 2.37. The molecule has 0 aliphatic rings. The molecule has 156 valence electrons. The highest BCUT2D eigenvalue weighted by Gasteiger charge is 2.23. The molecule has 0 saturated carbocycles. The summed E-state index contributed by atoms with van der Waals surface area (Å²) < 4.78 is 6.87. The Balaban J connectivity index is 1.81. The lowest BCUT2D eigenvalue weighted by atomic mass is 9.96. The van der Waals surface area contributed by atoms with Crippen molar-refractivity contribution < 1.29 is 4.74 Å². The van der Waals surface area contributed by atoms with Crippen molar-refractivity contribution in [1.29, 1.82) is 0 Å². The minimum absolute atomic E-state index is 0.281. The summed E-state index contributed by atoms with van der Waals surface area (Å²) in [5.41, 5.74) is 20.3. The van der Waals surface area contributed by atoms with Crippen LogP contribution in [0.1, 0.15) is 45.6 Å². The minimum atomic E-state index is -0.281. The molecule has 4 N–H and O–H groups in total. The van der Waals surface area contributed by atoms with Crippen LogP contribution in [0.4, 0.5) is 11.4 Å². The van der Waals surface area contributed by atoms with Gasteiger partial charge in [-0.3, -0.25) is 0 Å². The lowest BCUT2D eigenvalue weighted by molar-refractivity contribution is 0.0309. The summed E-state index contributed by atoms with van der Waals surface area (Å²) in [6.07, 6.45) is -0.561. The monoisotopic (exact) mass is 408 g/mol. The standard InChI is InChI=1S/C28H28N2O/c1-19-9-13-21(14-10-19)27(23-5-3-7-25(29)17-23)31-28(22-15-11-20(2)12-16-22)24-6-4-8-26(30)18-24/h3-18,27-28H,29-30H2,1-2H3. The maximum atomic E-state index is 6.87. The zero-order chi connectivity index (χ0) is 21.8. The van der Waals surface area contributed by atoms with E-state index in [2.05, 4.69) is 74.5 Å². The molecule has 0 aromatic heterocycles. The molecule has 4 aromatic carbocycles. The number of nitrogen functional groups attached to an aromatic ring is 2. The fourth-order valence-electron chi connectivity index (χ4n) is 3.76. The van der Waals surface area contributed by atoms with Gasteiger partial charge in [0.1, 0.15) is 12.2 Å². The van der Waals surface area contributed by atoms with Gasteiger partial charge in [-0.2, -0.15) is 0 Å². The summed E-state index contributed by atoms with van der Waals surface area (Å²) in [7, 11) is 0. The normalized spacial score (nSPS) is 13.0. The van der Waals surface area contributed by atoms with Crippen molar-refractivity contribution in [2.24, 2.45) is 0 Å². The van der Waals surface area contributed by atoms with E-state index in [0.717, 1.165) is 22.3 Å². The zero-order valence-electron chi connectivity index (χ0n) is 18.0. The smallest absolute Gasteiger partial charge is 0.109 e. The summed E-state index contributed by atoms with van der Waals surface area (Å²) in [6.45, 7) is 4.17. The highest BCUT2D eigenvalue weighted by molar-refractivity contribution is 5.46. The van der Waals surface area contributed by atoms with Gasteiger partial charge in [0.25, 0.3) is 0 Å². The summed E-state index contributed by atoms with van der Waals surface area (Å²) in [5, 5.41) is 0. The molecule has 0 aliphatic carbocycles. The van der Waals surface area contributed by atoms with E-state index in [0.29, 0.717) is 11.4 Å². The molecule has 2 unspecified atom stereocenters. The van der Waals surface area contributed by atoms with Gasteiger partial charge >= 0.3 is 0 Å². The van der Waals surface area contributed by atoms with E-state index in [4.69, 9.17) is 16.2 Å². The van der Waals surface area contributed by atoms with Crippen molar-refractivity contribution >= 4 is 11.4 Å². The first-order valence-electron chi connectivity index (χ1n) is 10.5. The molecule has 0 saturated heterocycles. The number of ether oxygens (including phenoxy) is 1. The molecule has 2 atom stereocenters. The Bertz CT molecular complexity index is 1060. The van der Waals surface area contributed by atoms with Crippen LogP contribution in [-0.4, -0.2) is 0 Å². The van der Waals surface area contributed by atoms with E-state index in [9.17, 15) is 0 Å². The predicted molar refractivity (Wildman–Crippen MR) is 129 cm³/mol. The van der Waals surface area contributed by atoms with E-state index in [1.165, 1.54) is 11.1 Å². The van der Waals surface area contributed by atoms with Gasteiger partial charge in [-0.25, -0.2) is 0 Å². The Morgan fingerprint density at radius 2 is 0.903 bits per heavy atom. The molecule has 0 heterocycles. The maximum Gasteiger partial charge on any atom is 0.109 e. The number of benzene rings is 4. The molecule has 0 fully saturated rings. The molecule has 4 rings (SSSR count). The Hall–Kier alpha value is -3.56. The molecule has 0 amide bonds. The molecular weight excluding hydrogens is 380 g/mol. The predicted octanol–water partition coefficient (Wildman–Crippen LogP) is 6.36. The molecule has 0 aliphatic heterocycles. The fourth-order valence-corrected chi connectivity index (χ4v) is 3.76. The van der Waals surface area contributed by atoms with Crippen LogP contribution in [0.5, 0.6) is 0 Å². The molecule has 0 spiro atoms. The lowest BCUT2D eigenvalue weighted by Crippen LogP contribution is -2.14. The van der Waals surface area contributed by atoms with E-state index in [-0.39, 0.29) is 12.2 Å². The Morgan fingerprint density at radius 3 is 1.26 bits per heavy atom. The van der Waals surface area contributed by atoms with Crippen molar-refractivity contribution in [3.05, 3.63) is 130 Å². The third kappa shape index (κ3) is 4.96. The van der Waals surface area contributed by atoms with Gasteiger partial charge in [0.05, 0.1) is 0 Å². The number of hydrogen-bond donors (Lipinski definition) is 2. The summed E-state index contributed by atoms with van der Waals surface area (Å²) in [6, 6.07) is 32.7. The molecule has 0 radical (unpaired) electrons. The van der Waals surface area contributed by atoms with Crippen molar-refractivity contribution in [2.45, 2.75) is 26.1 Å². The summed E-state index contributed by atoms with van der Waals surface area (Å²) in [4.78, 5) is 0. The molecule has 3 nitrogen and oxygen atoms in total. The number of rotatable bonds is 6. The maximum absolute atomic E-state index is 6.87. The van der Waals surface area contributed by atoms with Crippen LogP contribution in [0.15, 0.2) is 97.1 Å². The minimum Gasteiger partial charge on any atom is -0.399 e. The average Bonchev–Trinajstić information content (AvgIpc) is 2.76. The lowest BCUT2D eigenvalue weighted by Gasteiger charge is -2.27. The zero-order valence-corrected chi connectivity index (χ0v) is 18.0. The van der Waals surface area contributed by atoms with Gasteiger partial charge in [0, 0.05) is 11.4 Å². The Morgan fingerprint density at radius 1 is 0.516 bits per heavy atom. The summed E-state index contributed by atoms with van der Waals surface area (Å²) >= 11 is 0. The Kier molecular flexibility index (Phi) is 6.06. The molecular formula is C28H28N2O. The van der Waals surface area contributed by atoms with Crippen LogP contribution >= 0.6 is 0 Å². The van der Waals surface area contributed by atoms with Crippen molar-refractivity contribution in [3.63, 3.8) is 0 Å². The van der Waals surface area contributed by atoms with E-state index in [1.807, 2.05) is 36.4 Å². The van der Waals surface area contributed by atoms with Gasteiger partial charge < -0.3 is 16.2 Å². The van der Waals surface area contributed by atoms with E-state index in [1.54, 1.807) is 0 Å². The third-order valence-electron chi connectivity index (χ3n) is 5.46. The molecule has 4 aromatic rings. The van der Waals surface area contributed by atoms with E-state index < -0.39 is 0 Å². The third-order valence-corrected chi connectivity index (χ3v) is 5.46. The number of hydrogen-bond acceptors (Lipinski definition) is 3. The first-order valence-corrected chi connectivity index (χ1v) is 10.5. The van der Waals surface area contributed by atoms with Crippen molar-refractivity contribution in [1.82, 2.24) is 0 Å². The number of nitrogens with two attached hydrogens (primary N) is 2. The highest BCUT2D eigenvalue weighted by atomic mass is 16.5. The quantitative estimate of drug-likeness (QED) is 0.365. The van der Waals surface area contributed by atoms with Gasteiger partial charge in [-0.1, -0.05) is 83.9 Å². The van der Waals surface area contributed by atoms with Gasteiger partial charge in [0.15, 0.2) is 0 Å². The second-order valence-corrected chi connectivity index (χ2v) is 8.06. The number of aryl methyl sites for hydroxylation is 2. The first-order chi connectivity index (χ1) is 15.0. The van der Waals surface area contributed by atoms with Gasteiger partial charge in [-0.15, -0.1) is 0 Å². The summed E-state index contributed by atoms with van der Waals surface area (Å²) in [5.74, 6) is 0. The average molecular weight is 409 g/mol. The molecule has 0 bridgehead atoms. The van der Waals surface area contributed by atoms with Gasteiger partial charge in [0.2, 0.25) is 0 Å². The molecule has 31 heavy (non-hydrogen) atoms. The second kappa shape index (κ2) is 9.07. The van der Waals surface area contributed by atoms with Crippen LogP contribution in [0, 0.1) is 13.8 Å². The molecule has 3 heteroatoms. The van der Waals surface area contributed by atoms with Crippen LogP contribution in [0.2, 0.25) is 0 Å². The second-order valence-electron chi connectivity index (χ2n) is 8.06. The first kappa shape index (κ1) is 20.7. The fraction of sp³-hybridized carbons (Fsp3) is 0.143. The van der Waals surface area contributed by atoms with Crippen LogP contribution in [0.3, 0.4) is 0 Å². The van der Waals surface area contributed by atoms with E-state index >= 15 is 0 Å². The Labute approximate surface area is 184 Å². The van der Waals surface area contributed by atoms with Gasteiger partial charge in [-0.05, 0) is 60.4 Å². The topological polar surface area (TPSA) is 61.3 Å². The van der Waals surface area contributed by atoms with Crippen LogP contribution in [0.25, 0.3) is 0 Å². The van der Waals surface area contributed by atoms with Crippen molar-refractivity contribution in [3.8, 4) is 0 Å². The largest absolute Gasteiger partial charge is 0.399 e. The van der Waals surface area contributed by atoms with Crippen LogP contribution < -0.4 is 11.5 Å². The van der Waals surface area contributed by atoms with Crippen LogP contribution in [-0.2, 0) is 4.74 Å².